The first-order chi connectivity index (χ1) is 8.16. The van der Waals surface area contributed by atoms with Crippen LogP contribution in [-0.4, -0.2) is 56.3 Å². The van der Waals surface area contributed by atoms with Crippen molar-refractivity contribution in [3.05, 3.63) is 18.3 Å². The zero-order valence-corrected chi connectivity index (χ0v) is 10.5. The Bertz CT molecular complexity index is 352. The zero-order valence-electron chi connectivity index (χ0n) is 10.5. The van der Waals surface area contributed by atoms with Gasteiger partial charge in [-0.3, -0.25) is 0 Å². The summed E-state index contributed by atoms with van der Waals surface area (Å²) in [4.78, 5) is 8.67. The van der Waals surface area contributed by atoms with Crippen LogP contribution in [0.4, 0.5) is 11.5 Å². The van der Waals surface area contributed by atoms with E-state index < -0.39 is 0 Å². The molecule has 2 N–H and O–H groups in total. The van der Waals surface area contributed by atoms with E-state index in [9.17, 15) is 0 Å². The minimum Gasteiger partial charge on any atom is -0.384 e. The van der Waals surface area contributed by atoms with Crippen LogP contribution in [0.1, 0.15) is 0 Å². The molecular formula is C12H20N4O. The maximum atomic E-state index is 5.61. The van der Waals surface area contributed by atoms with Gasteiger partial charge in [0.25, 0.3) is 0 Å². The predicted octanol–water partition coefficient (Wildman–Crippen LogP) is 0.431. The summed E-state index contributed by atoms with van der Waals surface area (Å²) >= 11 is 0. The number of nitrogens with zero attached hydrogens (tertiary/aromatic N) is 3. The quantitative estimate of drug-likeness (QED) is 0.825. The molecule has 0 saturated carbocycles. The average Bonchev–Trinajstić information content (AvgIpc) is 2.30. The molecule has 0 aliphatic carbocycles. The van der Waals surface area contributed by atoms with Gasteiger partial charge >= 0.3 is 0 Å². The lowest BCUT2D eigenvalue weighted by Gasteiger charge is -2.38. The molecule has 5 heteroatoms. The van der Waals surface area contributed by atoms with Crippen LogP contribution in [0.15, 0.2) is 18.3 Å². The van der Waals surface area contributed by atoms with Gasteiger partial charge in [0.05, 0.1) is 31.1 Å². The van der Waals surface area contributed by atoms with E-state index in [4.69, 9.17) is 10.5 Å². The summed E-state index contributed by atoms with van der Waals surface area (Å²) in [5.74, 6) is 0.561. The predicted molar refractivity (Wildman–Crippen MR) is 69.2 cm³/mol. The number of rotatable bonds is 3. The Hall–Kier alpha value is -1.33. The summed E-state index contributed by atoms with van der Waals surface area (Å²) in [5.41, 5.74) is 6.73. The number of anilines is 2. The van der Waals surface area contributed by atoms with E-state index in [-0.39, 0.29) is 0 Å². The molecule has 0 aromatic carbocycles. The lowest BCUT2D eigenvalue weighted by molar-refractivity contribution is 0.0854. The monoisotopic (exact) mass is 236 g/mol. The Morgan fingerprint density at radius 2 is 2.35 bits per heavy atom. The molecule has 1 unspecified atom stereocenters. The normalized spacial score (nSPS) is 20.9. The SMILES string of the molecule is CN(C)CC1COCCN1c1ccc(N)nc1. The molecule has 0 radical (unpaired) electrons. The van der Waals surface area contributed by atoms with E-state index in [1.807, 2.05) is 18.3 Å². The van der Waals surface area contributed by atoms with Crippen molar-refractivity contribution in [3.63, 3.8) is 0 Å². The van der Waals surface area contributed by atoms with Crippen LogP contribution in [0.2, 0.25) is 0 Å². The van der Waals surface area contributed by atoms with Crippen molar-refractivity contribution < 1.29 is 4.74 Å². The second-order valence-electron chi connectivity index (χ2n) is 4.63. The minimum absolute atomic E-state index is 0.379. The molecule has 17 heavy (non-hydrogen) atoms. The van der Waals surface area contributed by atoms with Gasteiger partial charge in [-0.2, -0.15) is 0 Å². The van der Waals surface area contributed by atoms with Gasteiger partial charge in [-0.25, -0.2) is 4.98 Å². The number of ether oxygens (including phenoxy) is 1. The lowest BCUT2D eigenvalue weighted by atomic mass is 10.2. The van der Waals surface area contributed by atoms with Crippen LogP contribution in [0.25, 0.3) is 0 Å². The summed E-state index contributed by atoms with van der Waals surface area (Å²) in [6, 6.07) is 4.25. The largest absolute Gasteiger partial charge is 0.384 e. The highest BCUT2D eigenvalue weighted by Gasteiger charge is 2.23. The van der Waals surface area contributed by atoms with Crippen LogP contribution in [0, 0.1) is 0 Å². The lowest BCUT2D eigenvalue weighted by Crippen LogP contribution is -2.50. The number of hydrogen-bond donors (Lipinski definition) is 1. The summed E-state index contributed by atoms with van der Waals surface area (Å²) in [5, 5.41) is 0. The fraction of sp³-hybridized carbons (Fsp3) is 0.583. The number of aromatic nitrogens is 1. The molecule has 2 rings (SSSR count). The summed E-state index contributed by atoms with van der Waals surface area (Å²) < 4.78 is 5.55. The fourth-order valence-corrected chi connectivity index (χ4v) is 2.13. The van der Waals surface area contributed by atoms with Gasteiger partial charge in [-0.05, 0) is 26.2 Å². The molecule has 5 nitrogen and oxygen atoms in total. The topological polar surface area (TPSA) is 54.6 Å². The van der Waals surface area contributed by atoms with Gasteiger partial charge in [0.15, 0.2) is 0 Å². The van der Waals surface area contributed by atoms with Gasteiger partial charge < -0.3 is 20.3 Å². The smallest absolute Gasteiger partial charge is 0.123 e. The van der Waals surface area contributed by atoms with E-state index in [2.05, 4.69) is 28.9 Å². The Kier molecular flexibility index (Phi) is 3.81. The highest BCUT2D eigenvalue weighted by Crippen LogP contribution is 2.19. The summed E-state index contributed by atoms with van der Waals surface area (Å²) in [6.07, 6.45) is 1.84. The molecule has 0 bridgehead atoms. The van der Waals surface area contributed by atoms with Gasteiger partial charge in [-0.15, -0.1) is 0 Å². The number of hydrogen-bond acceptors (Lipinski definition) is 5. The molecule has 94 valence electrons. The maximum absolute atomic E-state index is 5.61. The van der Waals surface area contributed by atoms with E-state index in [0.29, 0.717) is 11.9 Å². The fourth-order valence-electron chi connectivity index (χ4n) is 2.13. The van der Waals surface area contributed by atoms with E-state index in [1.165, 1.54) is 0 Å². The maximum Gasteiger partial charge on any atom is 0.123 e. The molecule has 1 aliphatic rings. The van der Waals surface area contributed by atoms with Gasteiger partial charge in [0.1, 0.15) is 5.82 Å². The molecule has 1 aliphatic heterocycles. The van der Waals surface area contributed by atoms with Crippen molar-refractivity contribution >= 4 is 11.5 Å². The highest BCUT2D eigenvalue weighted by molar-refractivity contribution is 5.49. The second kappa shape index (κ2) is 5.33. The van der Waals surface area contributed by atoms with Crippen molar-refractivity contribution in [2.24, 2.45) is 0 Å². The van der Waals surface area contributed by atoms with Gasteiger partial charge in [0.2, 0.25) is 0 Å². The molecule has 1 aromatic rings. The Morgan fingerprint density at radius 3 is 3.00 bits per heavy atom. The third-order valence-corrected chi connectivity index (χ3v) is 2.91. The first-order valence-corrected chi connectivity index (χ1v) is 5.87. The summed E-state index contributed by atoms with van der Waals surface area (Å²) in [6.45, 7) is 3.42. The molecular weight excluding hydrogens is 216 g/mol. The Labute approximate surface area is 102 Å². The number of nitrogens with two attached hydrogens (primary N) is 1. The number of morpholine rings is 1. The first kappa shape index (κ1) is 12.1. The van der Waals surface area contributed by atoms with Crippen LogP contribution in [-0.2, 0) is 4.74 Å². The van der Waals surface area contributed by atoms with Crippen LogP contribution in [0.5, 0.6) is 0 Å². The van der Waals surface area contributed by atoms with Gasteiger partial charge in [0, 0.05) is 13.1 Å². The van der Waals surface area contributed by atoms with E-state index in [0.717, 1.165) is 32.0 Å². The van der Waals surface area contributed by atoms with Crippen LogP contribution < -0.4 is 10.6 Å². The Morgan fingerprint density at radius 1 is 1.53 bits per heavy atom. The second-order valence-corrected chi connectivity index (χ2v) is 4.63. The first-order valence-electron chi connectivity index (χ1n) is 5.87. The summed E-state index contributed by atoms with van der Waals surface area (Å²) in [7, 11) is 4.15. The highest BCUT2D eigenvalue weighted by atomic mass is 16.5. The van der Waals surface area contributed by atoms with Crippen LogP contribution in [0.3, 0.4) is 0 Å². The van der Waals surface area contributed by atoms with E-state index >= 15 is 0 Å². The Balaban J connectivity index is 2.12. The number of pyridine rings is 1. The third-order valence-electron chi connectivity index (χ3n) is 2.91. The molecule has 0 amide bonds. The zero-order chi connectivity index (χ0) is 12.3. The van der Waals surface area contributed by atoms with Gasteiger partial charge in [-0.1, -0.05) is 0 Å². The molecule has 1 fully saturated rings. The number of nitrogen functional groups attached to an aromatic ring is 1. The van der Waals surface area contributed by atoms with Crippen LogP contribution >= 0.6 is 0 Å². The minimum atomic E-state index is 0.379. The molecule has 1 atom stereocenters. The van der Waals surface area contributed by atoms with Crippen molar-refractivity contribution in [3.8, 4) is 0 Å². The van der Waals surface area contributed by atoms with Crippen molar-refractivity contribution in [2.45, 2.75) is 6.04 Å². The van der Waals surface area contributed by atoms with E-state index in [1.54, 1.807) is 0 Å². The molecule has 0 spiro atoms. The van der Waals surface area contributed by atoms with Crippen molar-refractivity contribution in [1.29, 1.82) is 0 Å². The van der Waals surface area contributed by atoms with Crippen molar-refractivity contribution in [2.75, 3.05) is 51.0 Å². The number of likely N-dealkylation sites (N-methyl/N-ethyl adjacent to an activating group) is 1. The third kappa shape index (κ3) is 3.08. The average molecular weight is 236 g/mol. The molecule has 1 aromatic heterocycles. The standard InChI is InChI=1S/C12H20N4O/c1-15(2)8-11-9-17-6-5-16(11)10-3-4-12(13)14-7-10/h3-4,7,11H,5-6,8-9H2,1-2H3,(H2,13,14). The van der Waals surface area contributed by atoms with Crippen molar-refractivity contribution in [1.82, 2.24) is 9.88 Å². The molecule has 2 heterocycles. The molecule has 1 saturated heterocycles.